The highest BCUT2D eigenvalue weighted by Crippen LogP contribution is 2.07. The van der Waals surface area contributed by atoms with Crippen molar-refractivity contribution in [3.8, 4) is 0 Å². The number of benzene rings is 1. The lowest BCUT2D eigenvalue weighted by atomic mass is 9.80. The van der Waals surface area contributed by atoms with Crippen molar-refractivity contribution in [1.29, 1.82) is 0 Å². The van der Waals surface area contributed by atoms with Crippen LogP contribution in [0, 0.1) is 0 Å². The summed E-state index contributed by atoms with van der Waals surface area (Å²) < 4.78 is 0. The zero-order chi connectivity index (χ0) is 14.3. The van der Waals surface area contributed by atoms with Crippen molar-refractivity contribution in [2.75, 3.05) is 13.1 Å². The Balaban J connectivity index is 2.38. The SMILES string of the molecule is C=CC(=O)NCCNC(O)c1ccc(B(O)O)cc1. The quantitative estimate of drug-likeness (QED) is 0.174. The number of carbonyl (C=O) groups is 1. The van der Waals surface area contributed by atoms with Crippen molar-refractivity contribution in [2.45, 2.75) is 6.23 Å². The number of nitrogens with one attached hydrogen (secondary N) is 2. The van der Waals surface area contributed by atoms with Gasteiger partial charge in [-0.25, -0.2) is 0 Å². The summed E-state index contributed by atoms with van der Waals surface area (Å²) in [5, 5.41) is 33.0. The van der Waals surface area contributed by atoms with Gasteiger partial charge in [0, 0.05) is 13.1 Å². The highest BCUT2D eigenvalue weighted by Gasteiger charge is 2.12. The van der Waals surface area contributed by atoms with E-state index in [1.807, 2.05) is 0 Å². The Labute approximate surface area is 111 Å². The Morgan fingerprint density at radius 3 is 2.47 bits per heavy atom. The maximum atomic E-state index is 10.9. The van der Waals surface area contributed by atoms with Gasteiger partial charge in [-0.2, -0.15) is 0 Å². The van der Waals surface area contributed by atoms with Crippen LogP contribution in [0.1, 0.15) is 11.8 Å². The Bertz CT molecular complexity index is 422. The normalized spacial score (nSPS) is 11.7. The van der Waals surface area contributed by atoms with Crippen LogP contribution in [0.4, 0.5) is 0 Å². The van der Waals surface area contributed by atoms with E-state index in [0.29, 0.717) is 24.1 Å². The number of rotatable bonds is 7. The number of hydrogen-bond donors (Lipinski definition) is 5. The molecule has 1 rings (SSSR count). The van der Waals surface area contributed by atoms with E-state index < -0.39 is 13.3 Å². The third kappa shape index (κ3) is 5.23. The van der Waals surface area contributed by atoms with Crippen LogP contribution in [0.3, 0.4) is 0 Å². The van der Waals surface area contributed by atoms with Gasteiger partial charge in [0.25, 0.3) is 0 Å². The number of amides is 1. The minimum atomic E-state index is -1.52. The van der Waals surface area contributed by atoms with Crippen LogP contribution < -0.4 is 16.1 Å². The molecule has 1 aromatic rings. The van der Waals surface area contributed by atoms with E-state index in [1.54, 1.807) is 12.1 Å². The van der Waals surface area contributed by atoms with Crippen molar-refractivity contribution < 1.29 is 19.9 Å². The van der Waals surface area contributed by atoms with Gasteiger partial charge in [0.1, 0.15) is 6.23 Å². The maximum Gasteiger partial charge on any atom is 0.488 e. The van der Waals surface area contributed by atoms with E-state index >= 15 is 0 Å². The number of hydrogen-bond acceptors (Lipinski definition) is 5. The number of aliphatic hydroxyl groups excluding tert-OH is 1. The maximum absolute atomic E-state index is 10.9. The van der Waals surface area contributed by atoms with Gasteiger partial charge in [0.05, 0.1) is 0 Å². The molecule has 0 aliphatic rings. The molecule has 0 bridgehead atoms. The average Bonchev–Trinajstić information content (AvgIpc) is 2.43. The van der Waals surface area contributed by atoms with Crippen LogP contribution in [0.25, 0.3) is 0 Å². The van der Waals surface area contributed by atoms with E-state index in [0.717, 1.165) is 0 Å². The first-order valence-electron chi connectivity index (χ1n) is 5.82. The second-order valence-corrected chi connectivity index (χ2v) is 3.89. The molecule has 0 aromatic heterocycles. The molecule has 6 nitrogen and oxygen atoms in total. The molecule has 0 aliphatic carbocycles. The summed E-state index contributed by atoms with van der Waals surface area (Å²) in [6.07, 6.45) is 0.292. The van der Waals surface area contributed by atoms with Crippen LogP contribution >= 0.6 is 0 Å². The zero-order valence-electron chi connectivity index (χ0n) is 10.4. The van der Waals surface area contributed by atoms with Gasteiger partial charge in [-0.1, -0.05) is 30.8 Å². The summed E-state index contributed by atoms with van der Waals surface area (Å²) in [6, 6.07) is 6.22. The van der Waals surface area contributed by atoms with E-state index in [2.05, 4.69) is 17.2 Å². The monoisotopic (exact) mass is 264 g/mol. The van der Waals surface area contributed by atoms with Crippen LogP contribution in [-0.4, -0.2) is 41.3 Å². The molecule has 19 heavy (non-hydrogen) atoms. The molecule has 0 saturated carbocycles. The summed E-state index contributed by atoms with van der Waals surface area (Å²) in [5.41, 5.74) is 0.952. The van der Waals surface area contributed by atoms with Gasteiger partial charge in [-0.05, 0) is 17.1 Å². The fourth-order valence-electron chi connectivity index (χ4n) is 1.44. The second-order valence-electron chi connectivity index (χ2n) is 3.89. The minimum Gasteiger partial charge on any atom is -0.423 e. The van der Waals surface area contributed by atoms with E-state index in [1.165, 1.54) is 18.2 Å². The van der Waals surface area contributed by atoms with Crippen molar-refractivity contribution in [1.82, 2.24) is 10.6 Å². The standard InChI is InChI=1S/C12H17BN2O4/c1-2-11(16)14-7-8-15-12(17)9-3-5-10(6-4-9)13(18)19/h2-6,12,15,17-19H,1,7-8H2,(H,14,16). The lowest BCUT2D eigenvalue weighted by molar-refractivity contribution is -0.116. The van der Waals surface area contributed by atoms with Gasteiger partial charge < -0.3 is 20.5 Å². The predicted molar refractivity (Wildman–Crippen MR) is 72.4 cm³/mol. The summed E-state index contributed by atoms with van der Waals surface area (Å²) in [7, 11) is -1.52. The fourth-order valence-corrected chi connectivity index (χ4v) is 1.44. The van der Waals surface area contributed by atoms with Crippen LogP contribution in [0.2, 0.25) is 0 Å². The second kappa shape index (κ2) is 7.70. The van der Waals surface area contributed by atoms with Crippen molar-refractivity contribution >= 4 is 18.5 Å². The van der Waals surface area contributed by atoms with Gasteiger partial charge in [-0.3, -0.25) is 10.1 Å². The first-order chi connectivity index (χ1) is 9.04. The molecular weight excluding hydrogens is 247 g/mol. The predicted octanol–water partition coefficient (Wildman–Crippen LogP) is -1.75. The summed E-state index contributed by atoms with van der Waals surface area (Å²) in [4.78, 5) is 10.9. The highest BCUT2D eigenvalue weighted by molar-refractivity contribution is 6.58. The molecule has 1 aromatic carbocycles. The number of carbonyl (C=O) groups excluding carboxylic acids is 1. The van der Waals surface area contributed by atoms with Gasteiger partial charge in [-0.15, -0.1) is 0 Å². The summed E-state index contributed by atoms with van der Waals surface area (Å²) in [6.45, 7) is 4.09. The van der Waals surface area contributed by atoms with Gasteiger partial charge >= 0.3 is 7.12 Å². The molecule has 7 heteroatoms. The van der Waals surface area contributed by atoms with Crippen molar-refractivity contribution in [3.05, 3.63) is 42.5 Å². The number of aliphatic hydroxyl groups is 1. The molecule has 0 saturated heterocycles. The zero-order valence-corrected chi connectivity index (χ0v) is 10.4. The van der Waals surface area contributed by atoms with Crippen LogP contribution in [-0.2, 0) is 4.79 Å². The molecule has 0 heterocycles. The molecule has 0 spiro atoms. The van der Waals surface area contributed by atoms with E-state index in [-0.39, 0.29) is 5.91 Å². The third-order valence-corrected chi connectivity index (χ3v) is 2.50. The fraction of sp³-hybridized carbons (Fsp3) is 0.250. The molecule has 102 valence electrons. The molecule has 1 atom stereocenters. The largest absolute Gasteiger partial charge is 0.488 e. The van der Waals surface area contributed by atoms with Crippen molar-refractivity contribution in [3.63, 3.8) is 0 Å². The smallest absolute Gasteiger partial charge is 0.423 e. The Hall–Kier alpha value is -1.67. The third-order valence-electron chi connectivity index (χ3n) is 2.50. The van der Waals surface area contributed by atoms with Crippen LogP contribution in [0.5, 0.6) is 0 Å². The Morgan fingerprint density at radius 2 is 1.95 bits per heavy atom. The van der Waals surface area contributed by atoms with Crippen LogP contribution in [0.15, 0.2) is 36.9 Å². The molecule has 1 unspecified atom stereocenters. The molecular formula is C12H17BN2O4. The first kappa shape index (κ1) is 15.4. The topological polar surface area (TPSA) is 102 Å². The van der Waals surface area contributed by atoms with E-state index in [9.17, 15) is 9.90 Å². The summed E-state index contributed by atoms with van der Waals surface area (Å²) in [5.74, 6) is -0.266. The lowest BCUT2D eigenvalue weighted by Crippen LogP contribution is -2.33. The molecule has 0 radical (unpaired) electrons. The lowest BCUT2D eigenvalue weighted by Gasteiger charge is -2.13. The Morgan fingerprint density at radius 1 is 1.32 bits per heavy atom. The molecule has 0 fully saturated rings. The average molecular weight is 264 g/mol. The Kier molecular flexibility index (Phi) is 6.24. The molecule has 0 aliphatic heterocycles. The summed E-state index contributed by atoms with van der Waals surface area (Å²) >= 11 is 0. The molecule has 5 N–H and O–H groups in total. The molecule has 1 amide bonds. The van der Waals surface area contributed by atoms with Gasteiger partial charge in [0.15, 0.2) is 0 Å². The minimum absolute atomic E-state index is 0.266. The van der Waals surface area contributed by atoms with Crippen molar-refractivity contribution in [2.24, 2.45) is 0 Å². The van der Waals surface area contributed by atoms with E-state index in [4.69, 9.17) is 10.0 Å². The first-order valence-corrected chi connectivity index (χ1v) is 5.82. The van der Waals surface area contributed by atoms with Gasteiger partial charge in [0.2, 0.25) is 5.91 Å². The highest BCUT2D eigenvalue weighted by atomic mass is 16.4.